The molecule has 0 aromatic heterocycles. The molecule has 0 aliphatic carbocycles. The summed E-state index contributed by atoms with van der Waals surface area (Å²) in [7, 11) is 0. The largest absolute Gasteiger partial charge is 0.393 e. The van der Waals surface area contributed by atoms with Crippen molar-refractivity contribution in [3.63, 3.8) is 0 Å². The Balaban J connectivity index is 2.40. The highest BCUT2D eigenvalue weighted by Crippen LogP contribution is 2.02. The molecule has 0 aliphatic heterocycles. The van der Waals surface area contributed by atoms with Crippen LogP contribution in [0.4, 0.5) is 0 Å². The first kappa shape index (κ1) is 9.79. The summed E-state index contributed by atoms with van der Waals surface area (Å²) in [5.74, 6) is 2.35. The number of aliphatic hydroxyl groups is 1. The van der Waals surface area contributed by atoms with E-state index in [1.54, 1.807) is 0 Å². The maximum absolute atomic E-state index is 8.74. The Hall–Kier alpha value is -1.30. The summed E-state index contributed by atoms with van der Waals surface area (Å²) >= 11 is 0. The minimum Gasteiger partial charge on any atom is -0.393 e. The van der Waals surface area contributed by atoms with E-state index in [-0.39, 0.29) is 6.61 Å². The van der Waals surface area contributed by atoms with Gasteiger partial charge in [0.1, 0.15) is 6.10 Å². The smallest absolute Gasteiger partial charge is 0.141 e. The molecule has 2 heteroatoms. The Morgan fingerprint density at radius 2 is 2.08 bits per heavy atom. The topological polar surface area (TPSA) is 29.5 Å². The van der Waals surface area contributed by atoms with E-state index in [9.17, 15) is 0 Å². The fraction of sp³-hybridized carbons (Fsp3) is 0.273. The molecule has 1 unspecified atom stereocenters. The van der Waals surface area contributed by atoms with Crippen molar-refractivity contribution in [2.45, 2.75) is 12.7 Å². The number of rotatable bonds is 4. The predicted molar refractivity (Wildman–Crippen MR) is 50.9 cm³/mol. The first-order chi connectivity index (χ1) is 6.36. The molecule has 0 saturated heterocycles. The van der Waals surface area contributed by atoms with Gasteiger partial charge in [0.25, 0.3) is 0 Å². The van der Waals surface area contributed by atoms with E-state index in [0.29, 0.717) is 6.61 Å². The minimum atomic E-state index is -0.500. The van der Waals surface area contributed by atoms with Crippen molar-refractivity contribution in [3.05, 3.63) is 35.9 Å². The molecule has 1 atom stereocenters. The first-order valence-corrected chi connectivity index (χ1v) is 4.09. The van der Waals surface area contributed by atoms with Gasteiger partial charge in [-0.15, -0.1) is 6.42 Å². The number of ether oxygens (including phenoxy) is 1. The van der Waals surface area contributed by atoms with Gasteiger partial charge in [-0.25, -0.2) is 0 Å². The minimum absolute atomic E-state index is 0.136. The third kappa shape index (κ3) is 3.29. The predicted octanol–water partition coefficient (Wildman–Crippen LogP) is 1.20. The molecule has 0 heterocycles. The fourth-order valence-corrected chi connectivity index (χ4v) is 0.925. The average molecular weight is 176 g/mol. The molecule has 13 heavy (non-hydrogen) atoms. The maximum Gasteiger partial charge on any atom is 0.141 e. The van der Waals surface area contributed by atoms with Gasteiger partial charge in [0.15, 0.2) is 0 Å². The lowest BCUT2D eigenvalue weighted by Crippen LogP contribution is -2.14. The second-order valence-corrected chi connectivity index (χ2v) is 2.63. The summed E-state index contributed by atoms with van der Waals surface area (Å²) in [4.78, 5) is 0. The molecule has 0 saturated carbocycles. The van der Waals surface area contributed by atoms with Crippen molar-refractivity contribution in [2.24, 2.45) is 0 Å². The van der Waals surface area contributed by atoms with Crippen LogP contribution in [-0.2, 0) is 11.3 Å². The summed E-state index contributed by atoms with van der Waals surface area (Å²) in [5.41, 5.74) is 1.05. The highest BCUT2D eigenvalue weighted by Gasteiger charge is 2.01. The van der Waals surface area contributed by atoms with Gasteiger partial charge >= 0.3 is 0 Å². The zero-order chi connectivity index (χ0) is 9.52. The van der Waals surface area contributed by atoms with E-state index in [2.05, 4.69) is 5.92 Å². The van der Waals surface area contributed by atoms with Crippen molar-refractivity contribution in [1.82, 2.24) is 0 Å². The second kappa shape index (κ2) is 5.36. The number of aliphatic hydroxyl groups excluding tert-OH is 1. The van der Waals surface area contributed by atoms with Gasteiger partial charge in [0.05, 0.1) is 13.2 Å². The van der Waals surface area contributed by atoms with Gasteiger partial charge in [-0.05, 0) is 5.56 Å². The van der Waals surface area contributed by atoms with Crippen LogP contribution in [0.15, 0.2) is 30.3 Å². The number of terminal acetylenes is 1. The molecule has 2 nitrogen and oxygen atoms in total. The van der Waals surface area contributed by atoms with E-state index in [0.717, 1.165) is 5.56 Å². The van der Waals surface area contributed by atoms with E-state index in [4.69, 9.17) is 16.3 Å². The highest BCUT2D eigenvalue weighted by atomic mass is 16.5. The van der Waals surface area contributed by atoms with Crippen molar-refractivity contribution < 1.29 is 9.84 Å². The quantitative estimate of drug-likeness (QED) is 0.698. The van der Waals surface area contributed by atoms with Crippen LogP contribution in [0, 0.1) is 12.3 Å². The molecule has 0 spiro atoms. The Labute approximate surface area is 78.2 Å². The summed E-state index contributed by atoms with van der Waals surface area (Å²) in [5, 5.41) is 8.74. The Bertz CT molecular complexity index is 274. The van der Waals surface area contributed by atoms with E-state index < -0.39 is 6.10 Å². The Morgan fingerprint density at radius 1 is 1.38 bits per heavy atom. The molecule has 0 fully saturated rings. The summed E-state index contributed by atoms with van der Waals surface area (Å²) in [6, 6.07) is 9.70. The number of hydrogen-bond acceptors (Lipinski definition) is 2. The van der Waals surface area contributed by atoms with Crippen LogP contribution < -0.4 is 0 Å². The Kier molecular flexibility index (Phi) is 4.04. The van der Waals surface area contributed by atoms with Gasteiger partial charge < -0.3 is 9.84 Å². The lowest BCUT2D eigenvalue weighted by Gasteiger charge is -2.08. The molecular formula is C11H12O2. The number of benzene rings is 1. The van der Waals surface area contributed by atoms with Crippen LogP contribution >= 0.6 is 0 Å². The fourth-order valence-electron chi connectivity index (χ4n) is 0.925. The van der Waals surface area contributed by atoms with Crippen LogP contribution in [0.1, 0.15) is 5.56 Å². The van der Waals surface area contributed by atoms with E-state index in [1.807, 2.05) is 30.3 Å². The average Bonchev–Trinajstić information content (AvgIpc) is 2.21. The van der Waals surface area contributed by atoms with Gasteiger partial charge in [0, 0.05) is 0 Å². The summed E-state index contributed by atoms with van der Waals surface area (Å²) < 4.78 is 5.24. The highest BCUT2D eigenvalue weighted by molar-refractivity contribution is 5.13. The molecule has 1 aromatic rings. The maximum atomic E-state index is 8.74. The molecule has 0 bridgehead atoms. The van der Waals surface area contributed by atoms with Crippen LogP contribution in [0.2, 0.25) is 0 Å². The molecule has 68 valence electrons. The number of hydrogen-bond donors (Lipinski definition) is 1. The third-order valence-electron chi connectivity index (χ3n) is 1.65. The molecule has 0 amide bonds. The Morgan fingerprint density at radius 3 is 2.62 bits per heavy atom. The molecule has 1 rings (SSSR count). The summed E-state index contributed by atoms with van der Waals surface area (Å²) in [6.45, 7) is 0.305. The second-order valence-electron chi connectivity index (χ2n) is 2.63. The third-order valence-corrected chi connectivity index (χ3v) is 1.65. The van der Waals surface area contributed by atoms with Gasteiger partial charge in [0.2, 0.25) is 0 Å². The summed E-state index contributed by atoms with van der Waals surface area (Å²) in [6.07, 6.45) is 4.61. The standard InChI is InChI=1S/C11H12O2/c1-2-11(8-12)13-9-10-6-4-3-5-7-10/h1,3-7,11-12H,8-9H2. The van der Waals surface area contributed by atoms with Gasteiger partial charge in [-0.2, -0.15) is 0 Å². The van der Waals surface area contributed by atoms with E-state index >= 15 is 0 Å². The van der Waals surface area contributed by atoms with Crippen molar-refractivity contribution in [1.29, 1.82) is 0 Å². The van der Waals surface area contributed by atoms with Crippen LogP contribution in [0.3, 0.4) is 0 Å². The molecule has 1 N–H and O–H groups in total. The lowest BCUT2D eigenvalue weighted by molar-refractivity contribution is 0.0380. The van der Waals surface area contributed by atoms with Crippen LogP contribution in [0.25, 0.3) is 0 Å². The SMILES string of the molecule is C#CC(CO)OCc1ccccc1. The molecule has 0 radical (unpaired) electrons. The van der Waals surface area contributed by atoms with E-state index in [1.165, 1.54) is 0 Å². The van der Waals surface area contributed by atoms with Gasteiger partial charge in [-0.3, -0.25) is 0 Å². The zero-order valence-corrected chi connectivity index (χ0v) is 7.31. The van der Waals surface area contributed by atoms with Crippen molar-refractivity contribution in [2.75, 3.05) is 6.61 Å². The molecular weight excluding hydrogens is 164 g/mol. The lowest BCUT2D eigenvalue weighted by atomic mass is 10.2. The van der Waals surface area contributed by atoms with Crippen molar-refractivity contribution >= 4 is 0 Å². The van der Waals surface area contributed by atoms with Crippen LogP contribution in [-0.4, -0.2) is 17.8 Å². The normalized spacial score (nSPS) is 12.0. The van der Waals surface area contributed by atoms with Gasteiger partial charge in [-0.1, -0.05) is 36.3 Å². The van der Waals surface area contributed by atoms with Crippen LogP contribution in [0.5, 0.6) is 0 Å². The molecule has 1 aromatic carbocycles. The van der Waals surface area contributed by atoms with Crippen molar-refractivity contribution in [3.8, 4) is 12.3 Å². The zero-order valence-electron chi connectivity index (χ0n) is 7.31. The first-order valence-electron chi connectivity index (χ1n) is 4.09. The molecule has 0 aliphatic rings. The monoisotopic (exact) mass is 176 g/mol.